The SMILES string of the molecule is Cc1c[nH]c(=O)n1-c1ccc(C(=O)N(CCCN2CCOCC2)Cc2ccncc2)cc1. The van der Waals surface area contributed by atoms with Gasteiger partial charge in [-0.15, -0.1) is 0 Å². The molecule has 3 aromatic rings. The number of nitrogens with zero attached hydrogens (tertiary/aromatic N) is 4. The van der Waals surface area contributed by atoms with Crippen LogP contribution in [-0.2, 0) is 11.3 Å². The monoisotopic (exact) mass is 435 g/mol. The maximum Gasteiger partial charge on any atom is 0.330 e. The molecule has 1 aromatic carbocycles. The fourth-order valence-electron chi connectivity index (χ4n) is 3.98. The van der Waals surface area contributed by atoms with Crippen LogP contribution in [0.5, 0.6) is 0 Å². The number of benzene rings is 1. The van der Waals surface area contributed by atoms with Gasteiger partial charge in [0, 0.05) is 62.6 Å². The van der Waals surface area contributed by atoms with E-state index in [2.05, 4.69) is 14.9 Å². The van der Waals surface area contributed by atoms with Crippen LogP contribution in [0.1, 0.15) is 28.0 Å². The van der Waals surface area contributed by atoms with E-state index in [0.29, 0.717) is 18.7 Å². The van der Waals surface area contributed by atoms with Gasteiger partial charge in [0.2, 0.25) is 0 Å². The Morgan fingerprint density at radius 2 is 1.84 bits per heavy atom. The number of hydrogen-bond acceptors (Lipinski definition) is 5. The van der Waals surface area contributed by atoms with Crippen molar-refractivity contribution in [2.45, 2.75) is 19.9 Å². The molecule has 4 rings (SSSR count). The highest BCUT2D eigenvalue weighted by Crippen LogP contribution is 2.14. The molecule has 0 aliphatic carbocycles. The largest absolute Gasteiger partial charge is 0.379 e. The molecule has 1 aliphatic heterocycles. The molecule has 1 N–H and O–H groups in total. The summed E-state index contributed by atoms with van der Waals surface area (Å²) in [5.41, 5.74) is 3.01. The minimum Gasteiger partial charge on any atom is -0.379 e. The number of carbonyl (C=O) groups is 1. The average Bonchev–Trinajstić information content (AvgIpc) is 3.17. The Morgan fingerprint density at radius 3 is 2.50 bits per heavy atom. The first-order valence-corrected chi connectivity index (χ1v) is 11.0. The van der Waals surface area contributed by atoms with E-state index in [9.17, 15) is 9.59 Å². The molecule has 32 heavy (non-hydrogen) atoms. The summed E-state index contributed by atoms with van der Waals surface area (Å²) in [7, 11) is 0. The van der Waals surface area contributed by atoms with Crippen LogP contribution in [0.25, 0.3) is 5.69 Å². The van der Waals surface area contributed by atoms with Crippen molar-refractivity contribution in [3.05, 3.63) is 82.3 Å². The van der Waals surface area contributed by atoms with E-state index in [1.54, 1.807) is 35.3 Å². The lowest BCUT2D eigenvalue weighted by molar-refractivity contribution is 0.0355. The Balaban J connectivity index is 1.47. The topological polar surface area (TPSA) is 83.5 Å². The number of imidazole rings is 1. The summed E-state index contributed by atoms with van der Waals surface area (Å²) in [5, 5.41) is 0. The summed E-state index contributed by atoms with van der Waals surface area (Å²) in [6.07, 6.45) is 6.06. The summed E-state index contributed by atoms with van der Waals surface area (Å²) in [6, 6.07) is 11.1. The molecule has 0 bridgehead atoms. The zero-order valence-corrected chi connectivity index (χ0v) is 18.4. The molecule has 1 fully saturated rings. The molecule has 8 nitrogen and oxygen atoms in total. The van der Waals surface area contributed by atoms with Crippen LogP contribution in [0.2, 0.25) is 0 Å². The Morgan fingerprint density at radius 1 is 1.12 bits per heavy atom. The number of ether oxygens (including phenoxy) is 1. The highest BCUT2D eigenvalue weighted by atomic mass is 16.5. The molecule has 0 atom stereocenters. The van der Waals surface area contributed by atoms with Crippen LogP contribution >= 0.6 is 0 Å². The van der Waals surface area contributed by atoms with Crippen molar-refractivity contribution in [3.8, 4) is 5.69 Å². The second-order valence-corrected chi connectivity index (χ2v) is 8.01. The molecule has 0 spiro atoms. The first-order valence-electron chi connectivity index (χ1n) is 11.0. The van der Waals surface area contributed by atoms with Gasteiger partial charge >= 0.3 is 5.69 Å². The van der Waals surface area contributed by atoms with Crippen LogP contribution in [0.3, 0.4) is 0 Å². The number of aryl methyl sites for hydroxylation is 1. The minimum atomic E-state index is -0.191. The van der Waals surface area contributed by atoms with Gasteiger partial charge in [0.1, 0.15) is 0 Å². The third-order valence-electron chi connectivity index (χ3n) is 5.75. The molecule has 0 saturated carbocycles. The first kappa shape index (κ1) is 22.0. The van der Waals surface area contributed by atoms with Crippen molar-refractivity contribution >= 4 is 5.91 Å². The predicted octanol–water partition coefficient (Wildman–Crippen LogP) is 2.23. The number of nitrogens with one attached hydrogen (secondary N) is 1. The Hall–Kier alpha value is -3.23. The molecule has 1 amide bonds. The highest BCUT2D eigenvalue weighted by Gasteiger charge is 2.18. The average molecular weight is 436 g/mol. The lowest BCUT2D eigenvalue weighted by atomic mass is 10.1. The van der Waals surface area contributed by atoms with E-state index in [0.717, 1.165) is 56.2 Å². The molecule has 0 radical (unpaired) electrons. The van der Waals surface area contributed by atoms with E-state index in [-0.39, 0.29) is 11.6 Å². The number of H-pyrrole nitrogens is 1. The van der Waals surface area contributed by atoms with Gasteiger partial charge in [0.25, 0.3) is 5.91 Å². The van der Waals surface area contributed by atoms with Crippen molar-refractivity contribution in [3.63, 3.8) is 0 Å². The van der Waals surface area contributed by atoms with E-state index in [4.69, 9.17) is 4.74 Å². The van der Waals surface area contributed by atoms with Gasteiger partial charge in [0.15, 0.2) is 0 Å². The van der Waals surface area contributed by atoms with E-state index in [1.165, 1.54) is 0 Å². The van der Waals surface area contributed by atoms with Crippen molar-refractivity contribution in [1.29, 1.82) is 0 Å². The fraction of sp³-hybridized carbons (Fsp3) is 0.375. The van der Waals surface area contributed by atoms with E-state index < -0.39 is 0 Å². The van der Waals surface area contributed by atoms with Crippen LogP contribution in [0.4, 0.5) is 0 Å². The lowest BCUT2D eigenvalue weighted by Gasteiger charge is -2.28. The standard InChI is InChI=1S/C24H29N5O3/c1-19-17-26-24(31)29(19)22-5-3-21(4-6-22)23(30)28(18-20-7-9-25-10-8-20)12-2-11-27-13-15-32-16-14-27/h3-10,17H,2,11-16,18H2,1H3,(H,26,31). The Kier molecular flexibility index (Phi) is 7.14. The summed E-state index contributed by atoms with van der Waals surface area (Å²) in [6.45, 7) is 7.43. The van der Waals surface area contributed by atoms with Crippen LogP contribution in [0.15, 0.2) is 59.8 Å². The van der Waals surface area contributed by atoms with E-state index in [1.807, 2.05) is 36.1 Å². The van der Waals surface area contributed by atoms with Gasteiger partial charge in [-0.05, 0) is 55.3 Å². The van der Waals surface area contributed by atoms with E-state index >= 15 is 0 Å². The maximum atomic E-state index is 13.4. The number of carbonyl (C=O) groups excluding carboxylic acids is 1. The number of hydrogen-bond donors (Lipinski definition) is 1. The zero-order chi connectivity index (χ0) is 22.3. The Labute approximate surface area is 187 Å². The lowest BCUT2D eigenvalue weighted by Crippen LogP contribution is -2.39. The maximum absolute atomic E-state index is 13.4. The van der Waals surface area contributed by atoms with Crippen molar-refractivity contribution in [2.24, 2.45) is 0 Å². The second-order valence-electron chi connectivity index (χ2n) is 8.01. The van der Waals surface area contributed by atoms with Crippen molar-refractivity contribution in [1.82, 2.24) is 24.3 Å². The molecular weight excluding hydrogens is 406 g/mol. The third-order valence-corrected chi connectivity index (χ3v) is 5.75. The molecule has 2 aromatic heterocycles. The number of pyridine rings is 1. The number of amides is 1. The quantitative estimate of drug-likeness (QED) is 0.587. The van der Waals surface area contributed by atoms with Gasteiger partial charge in [-0.3, -0.25) is 19.2 Å². The fourth-order valence-corrected chi connectivity index (χ4v) is 3.98. The molecule has 168 valence electrons. The molecule has 8 heteroatoms. The van der Waals surface area contributed by atoms with Crippen LogP contribution in [0, 0.1) is 6.92 Å². The molecule has 1 saturated heterocycles. The van der Waals surface area contributed by atoms with Crippen LogP contribution < -0.4 is 5.69 Å². The number of aromatic nitrogens is 3. The zero-order valence-electron chi connectivity index (χ0n) is 18.4. The van der Waals surface area contributed by atoms with Crippen LogP contribution in [-0.4, -0.2) is 69.6 Å². The molecule has 1 aliphatic rings. The number of morpholine rings is 1. The van der Waals surface area contributed by atoms with Gasteiger partial charge < -0.3 is 14.6 Å². The highest BCUT2D eigenvalue weighted by molar-refractivity contribution is 5.94. The molecule has 3 heterocycles. The molecular formula is C24H29N5O3. The summed E-state index contributed by atoms with van der Waals surface area (Å²) < 4.78 is 7.01. The third kappa shape index (κ3) is 5.33. The predicted molar refractivity (Wildman–Crippen MR) is 122 cm³/mol. The van der Waals surface area contributed by atoms with Crippen molar-refractivity contribution in [2.75, 3.05) is 39.4 Å². The summed E-state index contributed by atoms with van der Waals surface area (Å²) in [5.74, 6) is -0.0199. The van der Waals surface area contributed by atoms with Gasteiger partial charge in [-0.1, -0.05) is 0 Å². The minimum absolute atomic E-state index is 0.0199. The van der Waals surface area contributed by atoms with Gasteiger partial charge in [-0.25, -0.2) is 4.79 Å². The van der Waals surface area contributed by atoms with Crippen molar-refractivity contribution < 1.29 is 9.53 Å². The summed E-state index contributed by atoms with van der Waals surface area (Å²) >= 11 is 0. The number of rotatable bonds is 8. The summed E-state index contributed by atoms with van der Waals surface area (Å²) in [4.78, 5) is 36.4. The first-order chi connectivity index (χ1) is 15.6. The van der Waals surface area contributed by atoms with Gasteiger partial charge in [0.05, 0.1) is 18.9 Å². The van der Waals surface area contributed by atoms with Gasteiger partial charge in [-0.2, -0.15) is 0 Å². The molecule has 0 unspecified atom stereocenters. The smallest absolute Gasteiger partial charge is 0.330 e. The number of aromatic amines is 1. The second kappa shape index (κ2) is 10.4. The normalized spacial score (nSPS) is 14.4. The Bertz CT molecular complexity index is 1070.